The molecule has 0 saturated carbocycles. The Morgan fingerprint density at radius 3 is 1.43 bits per heavy atom. The molecule has 0 N–H and O–H groups in total. The van der Waals surface area contributed by atoms with Gasteiger partial charge in [0.1, 0.15) is 6.29 Å². The molecular weight excluding hydrogens is 364 g/mol. The monoisotopic (exact) mass is 370 g/mol. The van der Waals surface area contributed by atoms with E-state index in [2.05, 4.69) is 0 Å². The second kappa shape index (κ2) is 5.89. The van der Waals surface area contributed by atoms with Crippen molar-refractivity contribution in [3.63, 3.8) is 0 Å². The van der Waals surface area contributed by atoms with Gasteiger partial charge in [-0.3, -0.25) is 4.79 Å². The Morgan fingerprint density at radius 2 is 1.17 bits per heavy atom. The van der Waals surface area contributed by atoms with Gasteiger partial charge in [0.05, 0.1) is 0 Å². The van der Waals surface area contributed by atoms with Crippen LogP contribution >= 0.6 is 0 Å². The van der Waals surface area contributed by atoms with Crippen LogP contribution in [0.15, 0.2) is 11.4 Å². The van der Waals surface area contributed by atoms with Gasteiger partial charge in [-0.25, -0.2) is 4.39 Å². The molecule has 0 aromatic rings. The lowest BCUT2D eigenvalue weighted by atomic mass is 9.95. The summed E-state index contributed by atoms with van der Waals surface area (Å²) >= 11 is 0. The number of hydrogen-bond donors (Lipinski definition) is 0. The van der Waals surface area contributed by atoms with Gasteiger partial charge in [0.2, 0.25) is 0 Å². The minimum atomic E-state index is -7.71. The zero-order chi connectivity index (χ0) is 19.1. The van der Waals surface area contributed by atoms with Gasteiger partial charge in [-0.2, -0.15) is 48.3 Å². The maximum atomic E-state index is 13.1. The van der Waals surface area contributed by atoms with E-state index in [9.17, 15) is 57.5 Å². The number of alkyl halides is 11. The molecule has 0 saturated heterocycles. The fourth-order valence-corrected chi connectivity index (χ4v) is 1.20. The van der Waals surface area contributed by atoms with Gasteiger partial charge in [-0.05, 0) is 6.42 Å². The molecule has 0 rings (SSSR count). The third-order valence-corrected chi connectivity index (χ3v) is 2.62. The first kappa shape index (κ1) is 21.6. The maximum Gasteiger partial charge on any atom is 0.460 e. The number of carbonyl (C=O) groups is 1. The number of allylic oxidation sites excluding steroid dienone is 2. The molecule has 0 aliphatic carbocycles. The van der Waals surface area contributed by atoms with Crippen LogP contribution in [-0.4, -0.2) is 36.2 Å². The molecular formula is C10H6F12O. The van der Waals surface area contributed by atoms with Gasteiger partial charge in [0.15, 0.2) is 5.83 Å². The molecule has 0 heterocycles. The second-order valence-electron chi connectivity index (χ2n) is 4.11. The average molecular weight is 370 g/mol. The van der Waals surface area contributed by atoms with E-state index in [1.165, 1.54) is 0 Å². The highest BCUT2D eigenvalue weighted by Gasteiger charge is 2.88. The smallest absolute Gasteiger partial charge is 0.298 e. The summed E-state index contributed by atoms with van der Waals surface area (Å²) in [5.74, 6) is -33.1. The molecule has 1 nitrogen and oxygen atoms in total. The number of aldehydes is 1. The molecule has 0 aromatic carbocycles. The maximum absolute atomic E-state index is 13.1. The zero-order valence-corrected chi connectivity index (χ0v) is 10.7. The molecule has 0 amide bonds. The molecule has 0 aromatic heterocycles. The Kier molecular flexibility index (Phi) is 5.52. The highest BCUT2D eigenvalue weighted by Crippen LogP contribution is 2.59. The predicted molar refractivity (Wildman–Crippen MR) is 50.3 cm³/mol. The van der Waals surface area contributed by atoms with E-state index in [-0.39, 0.29) is 0 Å². The van der Waals surface area contributed by atoms with Crippen LogP contribution in [0.3, 0.4) is 0 Å². The lowest BCUT2D eigenvalue weighted by Crippen LogP contribution is -2.66. The zero-order valence-electron chi connectivity index (χ0n) is 10.7. The molecule has 0 aliphatic rings. The van der Waals surface area contributed by atoms with Gasteiger partial charge in [0, 0.05) is 5.57 Å². The second-order valence-corrected chi connectivity index (χ2v) is 4.11. The van der Waals surface area contributed by atoms with Gasteiger partial charge in [-0.15, -0.1) is 0 Å². The summed E-state index contributed by atoms with van der Waals surface area (Å²) in [7, 11) is 0. The molecule has 0 atom stereocenters. The summed E-state index contributed by atoms with van der Waals surface area (Å²) in [6.07, 6.45) is -9.16. The summed E-state index contributed by atoms with van der Waals surface area (Å²) in [5.41, 5.74) is -1.80. The molecule has 13 heteroatoms. The summed E-state index contributed by atoms with van der Waals surface area (Å²) < 4.78 is 151. The molecule has 136 valence electrons. The van der Waals surface area contributed by atoms with Crippen LogP contribution in [0.5, 0.6) is 0 Å². The first-order valence-electron chi connectivity index (χ1n) is 5.35. The Morgan fingerprint density at radius 1 is 0.783 bits per heavy atom. The van der Waals surface area contributed by atoms with Crippen LogP contribution in [0.4, 0.5) is 52.7 Å². The van der Waals surface area contributed by atoms with Crippen molar-refractivity contribution in [1.82, 2.24) is 0 Å². The Labute approximate surface area is 119 Å². The molecule has 0 aliphatic heterocycles. The van der Waals surface area contributed by atoms with Crippen molar-refractivity contribution in [3.05, 3.63) is 11.4 Å². The summed E-state index contributed by atoms with van der Waals surface area (Å²) in [4.78, 5) is 10.2. The third kappa shape index (κ3) is 3.01. The van der Waals surface area contributed by atoms with Crippen molar-refractivity contribution in [3.8, 4) is 0 Å². The summed E-state index contributed by atoms with van der Waals surface area (Å²) in [6.45, 7) is 0.736. The number of rotatable bonds is 6. The first-order valence-corrected chi connectivity index (χ1v) is 5.35. The topological polar surface area (TPSA) is 17.1 Å². The lowest BCUT2D eigenvalue weighted by molar-refractivity contribution is -0.419. The minimum absolute atomic E-state index is 0.736. The molecule has 0 spiro atoms. The van der Waals surface area contributed by atoms with E-state index in [4.69, 9.17) is 0 Å². The summed E-state index contributed by atoms with van der Waals surface area (Å²) in [6, 6.07) is 0. The van der Waals surface area contributed by atoms with Crippen molar-refractivity contribution in [2.75, 3.05) is 0 Å². The SMILES string of the molecule is CCC(C=O)=C(F)C(F)(F)C(F)(F)C(F)(F)C(F)(F)C(F)(F)F. The molecule has 0 unspecified atom stereocenters. The predicted octanol–water partition coefficient (Wildman–Crippen LogP) is 4.92. The molecule has 0 bridgehead atoms. The van der Waals surface area contributed by atoms with Crippen LogP contribution in [0, 0.1) is 0 Å². The number of halogens is 12. The molecule has 23 heavy (non-hydrogen) atoms. The molecule has 0 fully saturated rings. The minimum Gasteiger partial charge on any atom is -0.298 e. The van der Waals surface area contributed by atoms with Crippen molar-refractivity contribution in [1.29, 1.82) is 0 Å². The fourth-order valence-electron chi connectivity index (χ4n) is 1.20. The van der Waals surface area contributed by atoms with E-state index in [1.54, 1.807) is 0 Å². The van der Waals surface area contributed by atoms with E-state index < -0.39 is 54.0 Å². The van der Waals surface area contributed by atoms with E-state index in [0.29, 0.717) is 0 Å². The average Bonchev–Trinajstić information content (AvgIpc) is 2.37. The van der Waals surface area contributed by atoms with Crippen LogP contribution in [0.1, 0.15) is 13.3 Å². The molecule has 0 radical (unpaired) electrons. The van der Waals surface area contributed by atoms with Gasteiger partial charge >= 0.3 is 29.9 Å². The largest absolute Gasteiger partial charge is 0.460 e. The van der Waals surface area contributed by atoms with Gasteiger partial charge in [0.25, 0.3) is 0 Å². The van der Waals surface area contributed by atoms with Crippen LogP contribution in [-0.2, 0) is 4.79 Å². The normalized spacial score (nSPS) is 16.2. The first-order chi connectivity index (χ1) is 9.93. The van der Waals surface area contributed by atoms with E-state index >= 15 is 0 Å². The Hall–Kier alpha value is -1.43. The summed E-state index contributed by atoms with van der Waals surface area (Å²) in [5, 5.41) is 0. The highest BCUT2D eigenvalue weighted by molar-refractivity contribution is 5.74. The lowest BCUT2D eigenvalue weighted by Gasteiger charge is -2.36. The Bertz CT molecular complexity index is 487. The van der Waals surface area contributed by atoms with Crippen molar-refractivity contribution in [2.45, 2.75) is 43.2 Å². The van der Waals surface area contributed by atoms with Crippen molar-refractivity contribution >= 4 is 6.29 Å². The quantitative estimate of drug-likeness (QED) is 0.369. The standard InChI is InChI=1S/C10H6F12O/c1-2-4(3-23)5(11)6(12,13)7(14,15)8(16,17)9(18,19)10(20,21)22/h3H,2H2,1H3. The van der Waals surface area contributed by atoms with Crippen molar-refractivity contribution < 1.29 is 57.5 Å². The van der Waals surface area contributed by atoms with Crippen LogP contribution < -0.4 is 0 Å². The van der Waals surface area contributed by atoms with E-state index in [1.807, 2.05) is 0 Å². The highest BCUT2D eigenvalue weighted by atomic mass is 19.4. The van der Waals surface area contributed by atoms with Crippen LogP contribution in [0.2, 0.25) is 0 Å². The third-order valence-electron chi connectivity index (χ3n) is 2.62. The number of carbonyl (C=O) groups excluding carboxylic acids is 1. The Balaban J connectivity index is 6.36. The fraction of sp³-hybridized carbons (Fsp3) is 0.700. The van der Waals surface area contributed by atoms with Crippen molar-refractivity contribution in [2.24, 2.45) is 0 Å². The van der Waals surface area contributed by atoms with E-state index in [0.717, 1.165) is 6.92 Å². The van der Waals surface area contributed by atoms with Gasteiger partial charge in [-0.1, -0.05) is 6.92 Å². The number of hydrogen-bond acceptors (Lipinski definition) is 1. The van der Waals surface area contributed by atoms with Gasteiger partial charge < -0.3 is 0 Å². The van der Waals surface area contributed by atoms with Crippen LogP contribution in [0.25, 0.3) is 0 Å².